The highest BCUT2D eigenvalue weighted by molar-refractivity contribution is 6.17. The smallest absolute Gasteiger partial charge is 0.0238 e. The summed E-state index contributed by atoms with van der Waals surface area (Å²) in [6.45, 7) is 5.51. The molecule has 2 heteroatoms. The Kier molecular flexibility index (Phi) is 7.54. The fourth-order valence-corrected chi connectivity index (χ4v) is 1.12. The normalized spacial score (nSPS) is 13.5. The zero-order valence-corrected chi connectivity index (χ0v) is 7.75. The average Bonchev–Trinajstić information content (AvgIpc) is 1.89. The molecular weight excluding hydrogens is 146 g/mol. The highest BCUT2D eigenvalue weighted by Crippen LogP contribution is 1.93. The number of halogens is 1. The van der Waals surface area contributed by atoms with Crippen molar-refractivity contribution < 1.29 is 0 Å². The summed E-state index contributed by atoms with van der Waals surface area (Å²) < 4.78 is 0. The lowest BCUT2D eigenvalue weighted by Crippen LogP contribution is -2.27. The molecule has 0 spiro atoms. The lowest BCUT2D eigenvalue weighted by atomic mass is 10.2. The fourth-order valence-electron chi connectivity index (χ4n) is 0.791. The summed E-state index contributed by atoms with van der Waals surface area (Å²) in [6, 6.07) is 0.587. The highest BCUT2D eigenvalue weighted by Gasteiger charge is 1.97. The Morgan fingerprint density at radius 1 is 1.50 bits per heavy atom. The lowest BCUT2D eigenvalue weighted by Gasteiger charge is -2.10. The molecule has 0 aromatic rings. The zero-order valence-electron chi connectivity index (χ0n) is 6.99. The van der Waals surface area contributed by atoms with Gasteiger partial charge in [0.1, 0.15) is 0 Å². The molecule has 0 aromatic heterocycles. The van der Waals surface area contributed by atoms with Gasteiger partial charge in [-0.2, -0.15) is 0 Å². The minimum absolute atomic E-state index is 0.587. The molecule has 0 fully saturated rings. The minimum Gasteiger partial charge on any atom is -0.314 e. The summed E-state index contributed by atoms with van der Waals surface area (Å²) in [6.07, 6.45) is 3.61. The third-order valence-electron chi connectivity index (χ3n) is 1.57. The Morgan fingerprint density at radius 3 is 2.70 bits per heavy atom. The molecule has 62 valence electrons. The number of alkyl halides is 1. The van der Waals surface area contributed by atoms with Crippen molar-refractivity contribution in [2.45, 2.75) is 39.2 Å². The van der Waals surface area contributed by atoms with E-state index in [1.807, 2.05) is 0 Å². The number of rotatable bonds is 6. The van der Waals surface area contributed by atoms with Crippen molar-refractivity contribution in [3.63, 3.8) is 0 Å². The maximum Gasteiger partial charge on any atom is 0.0238 e. The molecule has 1 nitrogen and oxygen atoms in total. The second kappa shape index (κ2) is 7.36. The molecule has 0 rings (SSSR count). The van der Waals surface area contributed by atoms with Crippen molar-refractivity contribution in [2.24, 2.45) is 0 Å². The maximum atomic E-state index is 5.57. The number of hydrogen-bond acceptors (Lipinski definition) is 1. The molecule has 1 N–H and O–H groups in total. The van der Waals surface area contributed by atoms with Gasteiger partial charge in [-0.15, -0.1) is 11.6 Å². The molecule has 0 radical (unpaired) electrons. The molecule has 1 atom stereocenters. The Labute approximate surface area is 69.1 Å². The molecule has 0 saturated carbocycles. The summed E-state index contributed by atoms with van der Waals surface area (Å²) in [5.41, 5.74) is 0. The van der Waals surface area contributed by atoms with Crippen LogP contribution in [0.1, 0.15) is 33.1 Å². The van der Waals surface area contributed by atoms with Gasteiger partial charge in [0.2, 0.25) is 0 Å². The van der Waals surface area contributed by atoms with E-state index >= 15 is 0 Å². The van der Waals surface area contributed by atoms with Crippen molar-refractivity contribution in [2.75, 3.05) is 12.4 Å². The largest absolute Gasteiger partial charge is 0.314 e. The van der Waals surface area contributed by atoms with Gasteiger partial charge in [-0.05, 0) is 26.3 Å². The topological polar surface area (TPSA) is 12.0 Å². The van der Waals surface area contributed by atoms with Crippen molar-refractivity contribution >= 4 is 11.6 Å². The molecule has 0 bridgehead atoms. The molecular formula is C8H18ClN. The first-order valence-corrected chi connectivity index (χ1v) is 4.64. The number of unbranched alkanes of at least 4 members (excludes halogenated alkanes) is 1. The van der Waals surface area contributed by atoms with Crippen LogP contribution in [0.2, 0.25) is 0 Å². The van der Waals surface area contributed by atoms with E-state index < -0.39 is 0 Å². The van der Waals surface area contributed by atoms with Gasteiger partial charge in [-0.3, -0.25) is 0 Å². The SMILES string of the molecule is CCCCNC(C)CCCl. The second-order valence-electron chi connectivity index (χ2n) is 2.69. The van der Waals surface area contributed by atoms with Gasteiger partial charge in [-0.1, -0.05) is 13.3 Å². The molecule has 0 aliphatic rings. The first kappa shape index (κ1) is 10.2. The Morgan fingerprint density at radius 2 is 2.20 bits per heavy atom. The number of hydrogen-bond donors (Lipinski definition) is 1. The monoisotopic (exact) mass is 163 g/mol. The molecule has 10 heavy (non-hydrogen) atoms. The number of nitrogens with one attached hydrogen (secondary N) is 1. The van der Waals surface area contributed by atoms with Crippen LogP contribution in [0.3, 0.4) is 0 Å². The summed E-state index contributed by atoms with van der Waals surface area (Å²) >= 11 is 5.57. The fraction of sp³-hybridized carbons (Fsp3) is 1.00. The van der Waals surface area contributed by atoms with Gasteiger partial charge in [-0.25, -0.2) is 0 Å². The lowest BCUT2D eigenvalue weighted by molar-refractivity contribution is 0.523. The van der Waals surface area contributed by atoms with Gasteiger partial charge < -0.3 is 5.32 Å². The summed E-state index contributed by atoms with van der Waals surface area (Å²) in [4.78, 5) is 0. The summed E-state index contributed by atoms with van der Waals surface area (Å²) in [5.74, 6) is 0.764. The van der Waals surface area contributed by atoms with Crippen LogP contribution in [0.15, 0.2) is 0 Å². The second-order valence-corrected chi connectivity index (χ2v) is 3.06. The highest BCUT2D eigenvalue weighted by atomic mass is 35.5. The first-order valence-electron chi connectivity index (χ1n) is 4.10. The van der Waals surface area contributed by atoms with Crippen LogP contribution in [0.4, 0.5) is 0 Å². The van der Waals surface area contributed by atoms with E-state index in [9.17, 15) is 0 Å². The van der Waals surface area contributed by atoms with Crippen LogP contribution in [0.25, 0.3) is 0 Å². The van der Waals surface area contributed by atoms with Gasteiger partial charge >= 0.3 is 0 Å². The summed E-state index contributed by atoms with van der Waals surface area (Å²) in [5, 5.41) is 3.40. The van der Waals surface area contributed by atoms with E-state index in [4.69, 9.17) is 11.6 Å². The van der Waals surface area contributed by atoms with Crippen LogP contribution in [-0.4, -0.2) is 18.5 Å². The van der Waals surface area contributed by atoms with E-state index in [1.54, 1.807) is 0 Å². The Hall–Kier alpha value is 0.250. The predicted molar refractivity (Wildman–Crippen MR) is 47.7 cm³/mol. The van der Waals surface area contributed by atoms with E-state index in [0.717, 1.165) is 18.8 Å². The average molecular weight is 164 g/mol. The molecule has 0 amide bonds. The third-order valence-corrected chi connectivity index (χ3v) is 1.78. The van der Waals surface area contributed by atoms with E-state index in [-0.39, 0.29) is 0 Å². The van der Waals surface area contributed by atoms with Crippen molar-refractivity contribution in [3.8, 4) is 0 Å². The molecule has 0 saturated heterocycles. The maximum absolute atomic E-state index is 5.57. The molecule has 0 heterocycles. The standard InChI is InChI=1S/C8H18ClN/c1-3-4-7-10-8(2)5-6-9/h8,10H,3-7H2,1-2H3. The van der Waals surface area contributed by atoms with Gasteiger partial charge in [0.15, 0.2) is 0 Å². The van der Waals surface area contributed by atoms with Gasteiger partial charge in [0, 0.05) is 11.9 Å². The van der Waals surface area contributed by atoms with Crippen LogP contribution >= 0.6 is 11.6 Å². The van der Waals surface area contributed by atoms with Crippen LogP contribution in [0, 0.1) is 0 Å². The van der Waals surface area contributed by atoms with Crippen LogP contribution in [0.5, 0.6) is 0 Å². The molecule has 0 aromatic carbocycles. The Balaban J connectivity index is 2.97. The van der Waals surface area contributed by atoms with E-state index in [1.165, 1.54) is 12.8 Å². The predicted octanol–water partition coefficient (Wildman–Crippen LogP) is 2.39. The van der Waals surface area contributed by atoms with E-state index in [2.05, 4.69) is 19.2 Å². The van der Waals surface area contributed by atoms with Gasteiger partial charge in [0.25, 0.3) is 0 Å². The molecule has 0 aliphatic heterocycles. The van der Waals surface area contributed by atoms with Gasteiger partial charge in [0.05, 0.1) is 0 Å². The minimum atomic E-state index is 0.587. The summed E-state index contributed by atoms with van der Waals surface area (Å²) in [7, 11) is 0. The third kappa shape index (κ3) is 6.37. The molecule has 1 unspecified atom stereocenters. The zero-order chi connectivity index (χ0) is 7.82. The first-order chi connectivity index (χ1) is 4.81. The van der Waals surface area contributed by atoms with Crippen molar-refractivity contribution in [1.82, 2.24) is 5.32 Å². The van der Waals surface area contributed by atoms with Crippen LogP contribution < -0.4 is 5.32 Å². The van der Waals surface area contributed by atoms with Crippen molar-refractivity contribution in [3.05, 3.63) is 0 Å². The van der Waals surface area contributed by atoms with Crippen molar-refractivity contribution in [1.29, 1.82) is 0 Å². The van der Waals surface area contributed by atoms with Crippen LogP contribution in [-0.2, 0) is 0 Å². The van der Waals surface area contributed by atoms with E-state index in [0.29, 0.717) is 6.04 Å². The Bertz CT molecular complexity index is 66.3. The quantitative estimate of drug-likeness (QED) is 0.469. The molecule has 0 aliphatic carbocycles.